The topological polar surface area (TPSA) is 113 Å². The summed E-state index contributed by atoms with van der Waals surface area (Å²) in [5.74, 6) is 0.716. The lowest BCUT2D eigenvalue weighted by Gasteiger charge is -2.10. The second-order valence-corrected chi connectivity index (χ2v) is 7.50. The molecule has 0 spiro atoms. The SMILES string of the molecule is Cn1c(=O)c2c(nc(-n3[nH]c(-c4ccco4)cc3=O)n2CCc2ccccc2)n(C)c1=O. The van der Waals surface area contributed by atoms with Crippen LogP contribution in [0.15, 0.2) is 73.6 Å². The molecule has 4 aromatic heterocycles. The van der Waals surface area contributed by atoms with E-state index in [0.717, 1.165) is 10.1 Å². The van der Waals surface area contributed by atoms with Gasteiger partial charge in [-0.05, 0) is 24.1 Å². The zero-order chi connectivity index (χ0) is 22.4. The van der Waals surface area contributed by atoms with Crippen LogP contribution in [0.3, 0.4) is 0 Å². The van der Waals surface area contributed by atoms with Crippen molar-refractivity contribution in [3.63, 3.8) is 0 Å². The zero-order valence-electron chi connectivity index (χ0n) is 17.5. The van der Waals surface area contributed by atoms with Crippen molar-refractivity contribution in [2.75, 3.05) is 0 Å². The summed E-state index contributed by atoms with van der Waals surface area (Å²) in [6, 6.07) is 14.6. The molecule has 0 radical (unpaired) electrons. The zero-order valence-corrected chi connectivity index (χ0v) is 17.5. The van der Waals surface area contributed by atoms with Crippen molar-refractivity contribution in [1.29, 1.82) is 0 Å². The first-order valence-corrected chi connectivity index (χ1v) is 10.0. The van der Waals surface area contributed by atoms with Gasteiger partial charge in [0.25, 0.3) is 11.1 Å². The molecule has 10 heteroatoms. The quantitative estimate of drug-likeness (QED) is 0.451. The highest BCUT2D eigenvalue weighted by Crippen LogP contribution is 2.19. The molecule has 0 aliphatic heterocycles. The Kier molecular flexibility index (Phi) is 4.54. The van der Waals surface area contributed by atoms with Crippen LogP contribution in [0.25, 0.3) is 28.6 Å². The van der Waals surface area contributed by atoms with Gasteiger partial charge in [-0.2, -0.15) is 9.67 Å². The summed E-state index contributed by atoms with van der Waals surface area (Å²) in [7, 11) is 2.97. The molecule has 4 heterocycles. The fourth-order valence-electron chi connectivity index (χ4n) is 3.81. The summed E-state index contributed by atoms with van der Waals surface area (Å²) in [5, 5.41) is 3.00. The summed E-state index contributed by atoms with van der Waals surface area (Å²) in [5.41, 5.74) is 0.677. The molecule has 32 heavy (non-hydrogen) atoms. The number of rotatable bonds is 5. The Labute approximate surface area is 180 Å². The molecule has 0 aliphatic rings. The number of aromatic nitrogens is 6. The van der Waals surface area contributed by atoms with Gasteiger partial charge in [-0.1, -0.05) is 30.3 Å². The second-order valence-electron chi connectivity index (χ2n) is 7.50. The molecule has 0 saturated carbocycles. The molecule has 0 bridgehead atoms. The predicted octanol–water partition coefficient (Wildman–Crippen LogP) is 1.42. The van der Waals surface area contributed by atoms with Crippen molar-refractivity contribution >= 4 is 11.2 Å². The lowest BCUT2D eigenvalue weighted by atomic mass is 10.1. The molecule has 10 nitrogen and oxygen atoms in total. The van der Waals surface area contributed by atoms with Gasteiger partial charge in [0, 0.05) is 26.7 Å². The van der Waals surface area contributed by atoms with Crippen LogP contribution in [-0.4, -0.2) is 28.5 Å². The van der Waals surface area contributed by atoms with Crippen LogP contribution in [-0.2, 0) is 27.1 Å². The highest BCUT2D eigenvalue weighted by molar-refractivity contribution is 5.72. The van der Waals surface area contributed by atoms with Crippen molar-refractivity contribution in [1.82, 2.24) is 28.5 Å². The van der Waals surface area contributed by atoms with Gasteiger partial charge >= 0.3 is 5.69 Å². The lowest BCUT2D eigenvalue weighted by molar-refractivity contribution is 0.578. The van der Waals surface area contributed by atoms with E-state index in [-0.39, 0.29) is 22.7 Å². The standard InChI is InChI=1S/C22H20N6O4/c1-25-19-18(20(30)26(2)22(25)31)27(11-10-14-7-4-3-5-8-14)21(23-19)28-17(29)13-15(24-28)16-9-6-12-32-16/h3-9,12-13,24H,10-11H2,1-2H3. The predicted molar refractivity (Wildman–Crippen MR) is 118 cm³/mol. The first kappa shape index (κ1) is 19.6. The van der Waals surface area contributed by atoms with E-state index in [1.165, 1.54) is 28.6 Å². The third-order valence-corrected chi connectivity index (χ3v) is 5.50. The number of nitrogens with one attached hydrogen (secondary N) is 1. The maximum Gasteiger partial charge on any atom is 0.332 e. The molecule has 1 N–H and O–H groups in total. The number of hydrogen-bond donors (Lipinski definition) is 1. The van der Waals surface area contributed by atoms with E-state index in [1.54, 1.807) is 23.7 Å². The first-order valence-electron chi connectivity index (χ1n) is 10.0. The molecule has 5 aromatic rings. The van der Waals surface area contributed by atoms with Crippen LogP contribution in [0.4, 0.5) is 0 Å². The first-order chi connectivity index (χ1) is 15.5. The number of benzene rings is 1. The van der Waals surface area contributed by atoms with E-state index in [0.29, 0.717) is 24.4 Å². The van der Waals surface area contributed by atoms with E-state index >= 15 is 0 Å². The molecular formula is C22H20N6O4. The van der Waals surface area contributed by atoms with E-state index in [1.807, 2.05) is 30.3 Å². The third-order valence-electron chi connectivity index (χ3n) is 5.50. The normalized spacial score (nSPS) is 11.4. The van der Waals surface area contributed by atoms with Crippen molar-refractivity contribution < 1.29 is 4.42 Å². The van der Waals surface area contributed by atoms with E-state index in [9.17, 15) is 14.4 Å². The minimum absolute atomic E-state index is 0.210. The Morgan fingerprint density at radius 2 is 1.78 bits per heavy atom. The molecular weight excluding hydrogens is 412 g/mol. The molecule has 0 unspecified atom stereocenters. The van der Waals surface area contributed by atoms with E-state index in [2.05, 4.69) is 10.1 Å². The van der Waals surface area contributed by atoms with Crippen molar-refractivity contribution in [2.45, 2.75) is 13.0 Å². The summed E-state index contributed by atoms with van der Waals surface area (Å²) in [6.07, 6.45) is 2.12. The summed E-state index contributed by atoms with van der Waals surface area (Å²) in [4.78, 5) is 42.8. The molecule has 162 valence electrons. The van der Waals surface area contributed by atoms with Crippen LogP contribution >= 0.6 is 0 Å². The Morgan fingerprint density at radius 3 is 2.50 bits per heavy atom. The maximum atomic E-state index is 13.0. The minimum Gasteiger partial charge on any atom is -0.463 e. The number of H-pyrrole nitrogens is 1. The van der Waals surface area contributed by atoms with Crippen LogP contribution in [0.2, 0.25) is 0 Å². The number of imidazole rings is 1. The summed E-state index contributed by atoms with van der Waals surface area (Å²) in [6.45, 7) is 0.380. The minimum atomic E-state index is -0.489. The van der Waals surface area contributed by atoms with Crippen molar-refractivity contribution in [3.8, 4) is 17.4 Å². The van der Waals surface area contributed by atoms with Gasteiger partial charge in [-0.25, -0.2) is 4.79 Å². The fraction of sp³-hybridized carbons (Fsp3) is 0.182. The smallest absolute Gasteiger partial charge is 0.332 e. The van der Waals surface area contributed by atoms with Crippen molar-refractivity contribution in [2.24, 2.45) is 14.1 Å². The van der Waals surface area contributed by atoms with Gasteiger partial charge in [0.15, 0.2) is 16.9 Å². The largest absolute Gasteiger partial charge is 0.463 e. The van der Waals surface area contributed by atoms with Gasteiger partial charge in [0.05, 0.1) is 6.26 Å². The number of fused-ring (bicyclic) bond motifs is 1. The maximum absolute atomic E-state index is 13.0. The lowest BCUT2D eigenvalue weighted by Crippen LogP contribution is -2.37. The number of aromatic amines is 1. The number of hydrogen-bond acceptors (Lipinski definition) is 5. The van der Waals surface area contributed by atoms with Gasteiger partial charge < -0.3 is 8.98 Å². The van der Waals surface area contributed by atoms with E-state index in [4.69, 9.17) is 4.42 Å². The average Bonchev–Trinajstić information content (AvgIpc) is 3.54. The van der Waals surface area contributed by atoms with Crippen LogP contribution in [0, 0.1) is 0 Å². The Balaban J connectivity index is 1.74. The fourth-order valence-corrected chi connectivity index (χ4v) is 3.81. The van der Waals surface area contributed by atoms with Gasteiger partial charge in [0.2, 0.25) is 5.95 Å². The summed E-state index contributed by atoms with van der Waals surface area (Å²) < 4.78 is 10.7. The van der Waals surface area contributed by atoms with Crippen LogP contribution in [0.5, 0.6) is 0 Å². The molecule has 1 aromatic carbocycles. The highest BCUT2D eigenvalue weighted by atomic mass is 16.3. The monoisotopic (exact) mass is 432 g/mol. The van der Waals surface area contributed by atoms with Crippen LogP contribution in [0.1, 0.15) is 5.56 Å². The van der Waals surface area contributed by atoms with Crippen LogP contribution < -0.4 is 16.8 Å². The Bertz CT molecular complexity index is 1600. The number of aryl methyl sites for hydroxylation is 3. The molecule has 0 fully saturated rings. The second kappa shape index (κ2) is 7.41. The van der Waals surface area contributed by atoms with E-state index < -0.39 is 11.2 Å². The molecule has 0 saturated heterocycles. The Hall–Kier alpha value is -4.34. The summed E-state index contributed by atoms with van der Waals surface area (Å²) >= 11 is 0. The highest BCUT2D eigenvalue weighted by Gasteiger charge is 2.22. The Morgan fingerprint density at radius 1 is 1.00 bits per heavy atom. The number of furan rings is 1. The number of nitrogens with zero attached hydrogens (tertiary/aromatic N) is 5. The molecule has 0 atom stereocenters. The van der Waals surface area contributed by atoms with Gasteiger partial charge in [0.1, 0.15) is 5.69 Å². The molecule has 5 rings (SSSR count). The average molecular weight is 432 g/mol. The molecule has 0 aliphatic carbocycles. The molecule has 0 amide bonds. The van der Waals surface area contributed by atoms with Crippen molar-refractivity contribution in [3.05, 3.63) is 91.5 Å². The third kappa shape index (κ3) is 3.04. The van der Waals surface area contributed by atoms with Gasteiger partial charge in [-0.15, -0.1) is 0 Å². The van der Waals surface area contributed by atoms with Gasteiger partial charge in [-0.3, -0.25) is 23.8 Å².